The number of nitrogens with two attached hydrogens (primary N) is 1. The Kier molecular flexibility index (Phi) is 4.87. The van der Waals surface area contributed by atoms with Crippen molar-refractivity contribution in [3.05, 3.63) is 0 Å². The molecule has 0 radical (unpaired) electrons. The first kappa shape index (κ1) is 16.3. The van der Waals surface area contributed by atoms with E-state index in [9.17, 15) is 18.0 Å². The molecule has 1 rings (SSSR count). The third-order valence-corrected chi connectivity index (χ3v) is 3.66. The van der Waals surface area contributed by atoms with Crippen LogP contribution in [0.1, 0.15) is 46.5 Å². The van der Waals surface area contributed by atoms with E-state index in [1.54, 1.807) is 6.92 Å². The summed E-state index contributed by atoms with van der Waals surface area (Å²) in [5.41, 5.74) is 4.67. The van der Waals surface area contributed by atoms with Gasteiger partial charge in [0.15, 0.2) is 0 Å². The Hall–Kier alpha value is -0.780. The Morgan fingerprint density at radius 3 is 2.32 bits per heavy atom. The predicted molar refractivity (Wildman–Crippen MR) is 67.5 cm³/mol. The van der Waals surface area contributed by atoms with Gasteiger partial charge in [-0.1, -0.05) is 13.3 Å². The molecule has 1 fully saturated rings. The van der Waals surface area contributed by atoms with Crippen LogP contribution in [0.15, 0.2) is 0 Å². The van der Waals surface area contributed by atoms with Gasteiger partial charge in [0.25, 0.3) is 0 Å². The summed E-state index contributed by atoms with van der Waals surface area (Å²) in [6.07, 6.45) is -1.56. The summed E-state index contributed by atoms with van der Waals surface area (Å²) in [6, 6.07) is -0.395. The van der Waals surface area contributed by atoms with Crippen molar-refractivity contribution in [2.45, 2.75) is 64.2 Å². The molecule has 0 aromatic carbocycles. The zero-order valence-electron chi connectivity index (χ0n) is 11.8. The molecule has 6 heteroatoms. The fourth-order valence-electron chi connectivity index (χ4n) is 2.38. The van der Waals surface area contributed by atoms with Crippen molar-refractivity contribution >= 4 is 5.91 Å². The zero-order chi connectivity index (χ0) is 14.8. The highest BCUT2D eigenvalue weighted by molar-refractivity contribution is 5.86. The fraction of sp³-hybridized carbons (Fsp3) is 0.923. The maximum absolute atomic E-state index is 12.6. The molecule has 0 aromatic rings. The molecule has 1 aliphatic carbocycles. The van der Waals surface area contributed by atoms with Gasteiger partial charge >= 0.3 is 6.18 Å². The van der Waals surface area contributed by atoms with Crippen LogP contribution < -0.4 is 5.73 Å². The monoisotopic (exact) mass is 280 g/mol. The second-order valence-electron chi connectivity index (χ2n) is 5.79. The highest BCUT2D eigenvalue weighted by Gasteiger charge is 2.44. The van der Waals surface area contributed by atoms with Crippen LogP contribution in [-0.2, 0) is 4.79 Å². The molecule has 0 heterocycles. The van der Waals surface area contributed by atoms with Crippen molar-refractivity contribution < 1.29 is 18.0 Å². The second kappa shape index (κ2) is 5.69. The molecule has 0 bridgehead atoms. The Balaban J connectivity index is 2.85. The number of carbonyl (C=O) groups excluding carboxylic acids is 1. The van der Waals surface area contributed by atoms with E-state index < -0.39 is 30.2 Å². The molecular weight excluding hydrogens is 257 g/mol. The van der Waals surface area contributed by atoms with Crippen LogP contribution in [0.2, 0.25) is 0 Å². The van der Waals surface area contributed by atoms with Crippen LogP contribution in [0.25, 0.3) is 0 Å². The van der Waals surface area contributed by atoms with Crippen molar-refractivity contribution in [2.24, 2.45) is 11.7 Å². The largest absolute Gasteiger partial charge is 0.406 e. The van der Waals surface area contributed by atoms with Crippen LogP contribution in [-0.4, -0.2) is 35.1 Å². The lowest BCUT2D eigenvalue weighted by Crippen LogP contribution is -2.57. The fourth-order valence-corrected chi connectivity index (χ4v) is 2.38. The third-order valence-electron chi connectivity index (χ3n) is 3.66. The lowest BCUT2D eigenvalue weighted by Gasteiger charge is -2.36. The summed E-state index contributed by atoms with van der Waals surface area (Å²) < 4.78 is 37.9. The lowest BCUT2D eigenvalue weighted by molar-refractivity contribution is -0.169. The number of nitrogens with zero attached hydrogens (tertiary/aromatic N) is 1. The van der Waals surface area contributed by atoms with Gasteiger partial charge in [0, 0.05) is 6.04 Å². The van der Waals surface area contributed by atoms with Crippen LogP contribution in [0.3, 0.4) is 0 Å². The number of alkyl halides is 3. The van der Waals surface area contributed by atoms with Gasteiger partial charge in [0.1, 0.15) is 6.54 Å². The van der Waals surface area contributed by atoms with Crippen molar-refractivity contribution in [3.63, 3.8) is 0 Å². The van der Waals surface area contributed by atoms with Gasteiger partial charge in [-0.25, -0.2) is 0 Å². The van der Waals surface area contributed by atoms with Crippen molar-refractivity contribution in [1.29, 1.82) is 0 Å². The average Bonchev–Trinajstić information content (AvgIpc) is 3.06. The minimum atomic E-state index is -4.39. The molecule has 0 spiro atoms. The minimum Gasteiger partial charge on any atom is -0.329 e. The van der Waals surface area contributed by atoms with Gasteiger partial charge in [-0.15, -0.1) is 0 Å². The normalized spacial score (nSPS) is 20.8. The van der Waals surface area contributed by atoms with Crippen molar-refractivity contribution in [1.82, 2.24) is 4.90 Å². The van der Waals surface area contributed by atoms with E-state index in [2.05, 4.69) is 0 Å². The second-order valence-corrected chi connectivity index (χ2v) is 5.79. The van der Waals surface area contributed by atoms with Gasteiger partial charge < -0.3 is 10.6 Å². The standard InChI is InChI=1S/C13H23F3N2O/c1-4-7-12(3,17)11(19)18(8-13(14,15)16)9(2)10-5-6-10/h9-10H,4-8,17H2,1-3H3. The molecule has 1 aliphatic rings. The quantitative estimate of drug-likeness (QED) is 0.813. The lowest BCUT2D eigenvalue weighted by atomic mass is 9.94. The first-order valence-electron chi connectivity index (χ1n) is 6.75. The Morgan fingerprint density at radius 1 is 1.42 bits per heavy atom. The maximum Gasteiger partial charge on any atom is 0.406 e. The Bertz CT molecular complexity index is 324. The smallest absolute Gasteiger partial charge is 0.329 e. The molecule has 2 N–H and O–H groups in total. The van der Waals surface area contributed by atoms with E-state index >= 15 is 0 Å². The number of rotatable bonds is 6. The SMILES string of the molecule is CCCC(C)(N)C(=O)N(CC(F)(F)F)C(C)C1CC1. The van der Waals surface area contributed by atoms with Gasteiger partial charge in [0.2, 0.25) is 5.91 Å². The highest BCUT2D eigenvalue weighted by Crippen LogP contribution is 2.37. The molecule has 2 atom stereocenters. The molecule has 0 aromatic heterocycles. The third kappa shape index (κ3) is 4.67. The van der Waals surface area contributed by atoms with Crippen LogP contribution in [0.5, 0.6) is 0 Å². The molecule has 0 saturated heterocycles. The molecule has 1 saturated carbocycles. The number of hydrogen-bond donors (Lipinski definition) is 1. The number of hydrogen-bond acceptors (Lipinski definition) is 2. The van der Waals surface area contributed by atoms with Crippen molar-refractivity contribution in [2.75, 3.05) is 6.54 Å². The van der Waals surface area contributed by atoms with E-state index in [0.29, 0.717) is 12.8 Å². The first-order chi connectivity index (χ1) is 8.58. The summed E-state index contributed by atoms with van der Waals surface area (Å²) in [4.78, 5) is 13.2. The maximum atomic E-state index is 12.6. The Labute approximate surface area is 112 Å². The molecule has 2 unspecified atom stereocenters. The number of carbonyl (C=O) groups is 1. The average molecular weight is 280 g/mol. The van der Waals surface area contributed by atoms with Gasteiger partial charge in [0.05, 0.1) is 5.54 Å². The van der Waals surface area contributed by atoms with E-state index in [0.717, 1.165) is 17.7 Å². The molecule has 19 heavy (non-hydrogen) atoms. The van der Waals surface area contributed by atoms with E-state index in [4.69, 9.17) is 5.73 Å². The van der Waals surface area contributed by atoms with Crippen molar-refractivity contribution in [3.8, 4) is 0 Å². The molecule has 112 valence electrons. The van der Waals surface area contributed by atoms with Gasteiger partial charge in [-0.2, -0.15) is 13.2 Å². The molecule has 3 nitrogen and oxygen atoms in total. The van der Waals surface area contributed by atoms with E-state index in [1.807, 2.05) is 6.92 Å². The summed E-state index contributed by atoms with van der Waals surface area (Å²) in [5.74, 6) is -0.408. The summed E-state index contributed by atoms with van der Waals surface area (Å²) >= 11 is 0. The van der Waals surface area contributed by atoms with Crippen LogP contribution in [0, 0.1) is 5.92 Å². The Morgan fingerprint density at radius 2 is 1.95 bits per heavy atom. The van der Waals surface area contributed by atoms with E-state index in [1.165, 1.54) is 6.92 Å². The number of amides is 1. The predicted octanol–water partition coefficient (Wildman–Crippen LogP) is 2.69. The van der Waals surface area contributed by atoms with Crippen LogP contribution in [0.4, 0.5) is 13.2 Å². The highest BCUT2D eigenvalue weighted by atomic mass is 19.4. The topological polar surface area (TPSA) is 46.3 Å². The number of halogens is 3. The van der Waals surface area contributed by atoms with Gasteiger partial charge in [-0.05, 0) is 39.0 Å². The molecular formula is C13H23F3N2O. The van der Waals surface area contributed by atoms with Gasteiger partial charge in [-0.3, -0.25) is 4.79 Å². The van der Waals surface area contributed by atoms with Crippen LogP contribution >= 0.6 is 0 Å². The molecule has 1 amide bonds. The van der Waals surface area contributed by atoms with E-state index in [-0.39, 0.29) is 5.92 Å². The molecule has 0 aliphatic heterocycles. The summed E-state index contributed by atoms with van der Waals surface area (Å²) in [7, 11) is 0. The minimum absolute atomic E-state index is 0.184. The zero-order valence-corrected chi connectivity index (χ0v) is 11.8. The summed E-state index contributed by atoms with van der Waals surface area (Å²) in [6.45, 7) is 3.85. The first-order valence-corrected chi connectivity index (χ1v) is 6.75. The summed E-state index contributed by atoms with van der Waals surface area (Å²) in [5, 5.41) is 0.